The van der Waals surface area contributed by atoms with E-state index in [2.05, 4.69) is 46.3 Å². The Morgan fingerprint density at radius 1 is 1.03 bits per heavy atom. The molecule has 0 amide bonds. The van der Waals surface area contributed by atoms with Crippen molar-refractivity contribution >= 4 is 46.0 Å². The molecule has 1 saturated heterocycles. The number of nitrogens with two attached hydrogens (primary N) is 1. The van der Waals surface area contributed by atoms with Crippen LogP contribution in [0.15, 0.2) is 48.5 Å². The van der Waals surface area contributed by atoms with E-state index in [-0.39, 0.29) is 5.11 Å². The Morgan fingerprint density at radius 2 is 1.77 bits per heavy atom. The molecule has 0 atom stereocenters. The topological polar surface area (TPSA) is 53.8 Å². The Bertz CT molecular complexity index is 872. The number of benzene rings is 2. The summed E-state index contributed by atoms with van der Waals surface area (Å²) in [6, 6.07) is 16.3. The molecule has 1 heterocycles. The molecule has 0 spiro atoms. The van der Waals surface area contributed by atoms with Gasteiger partial charge < -0.3 is 25.6 Å². The van der Waals surface area contributed by atoms with Gasteiger partial charge in [0.2, 0.25) is 0 Å². The van der Waals surface area contributed by atoms with Crippen LogP contribution < -0.4 is 20.7 Å². The van der Waals surface area contributed by atoms with Crippen molar-refractivity contribution in [2.75, 3.05) is 36.5 Å². The van der Waals surface area contributed by atoms with E-state index >= 15 is 0 Å². The number of nitrogens with zero attached hydrogens (tertiary/aromatic N) is 2. The van der Waals surface area contributed by atoms with Gasteiger partial charge in [-0.1, -0.05) is 43.0 Å². The summed E-state index contributed by atoms with van der Waals surface area (Å²) >= 11 is 10.6. The van der Waals surface area contributed by atoms with Gasteiger partial charge in [0.25, 0.3) is 0 Å². The van der Waals surface area contributed by atoms with E-state index in [0.717, 1.165) is 49.2 Å². The molecule has 7 heteroatoms. The lowest BCUT2D eigenvalue weighted by molar-refractivity contribution is 0.304. The molecule has 3 rings (SSSR count). The highest BCUT2D eigenvalue weighted by Crippen LogP contribution is 2.22. The molecule has 31 heavy (non-hydrogen) atoms. The van der Waals surface area contributed by atoms with Gasteiger partial charge in [-0.05, 0) is 68.5 Å². The zero-order valence-corrected chi connectivity index (χ0v) is 19.8. The monoisotopic (exact) mass is 456 g/mol. The van der Waals surface area contributed by atoms with E-state index in [1.165, 1.54) is 36.9 Å². The van der Waals surface area contributed by atoms with Gasteiger partial charge in [0.1, 0.15) is 5.75 Å². The summed E-state index contributed by atoms with van der Waals surface area (Å²) in [4.78, 5) is 4.59. The van der Waals surface area contributed by atoms with Crippen LogP contribution in [0.1, 0.15) is 37.7 Å². The Hall–Kier alpha value is -2.38. The van der Waals surface area contributed by atoms with Crippen LogP contribution in [0.2, 0.25) is 0 Å². The van der Waals surface area contributed by atoms with Gasteiger partial charge in [0, 0.05) is 37.1 Å². The lowest BCUT2D eigenvalue weighted by Gasteiger charge is -2.22. The number of aryl methyl sites for hydroxylation is 1. The molecule has 2 aromatic rings. The largest absolute Gasteiger partial charge is 0.494 e. The van der Waals surface area contributed by atoms with Crippen molar-refractivity contribution in [3.05, 3.63) is 54.1 Å². The normalized spacial score (nSPS) is 13.5. The summed E-state index contributed by atoms with van der Waals surface area (Å²) in [6.45, 7) is 5.87. The van der Waals surface area contributed by atoms with Gasteiger partial charge in [-0.2, -0.15) is 0 Å². The van der Waals surface area contributed by atoms with Crippen molar-refractivity contribution in [1.82, 2.24) is 4.90 Å². The number of nitrogens with one attached hydrogen (secondary N) is 1. The van der Waals surface area contributed by atoms with Crippen molar-refractivity contribution < 1.29 is 4.74 Å². The van der Waals surface area contributed by atoms with Crippen molar-refractivity contribution in [2.24, 2.45) is 5.73 Å². The molecule has 5 nitrogen and oxygen atoms in total. The van der Waals surface area contributed by atoms with Crippen LogP contribution in [0, 0.1) is 6.92 Å². The van der Waals surface area contributed by atoms with Gasteiger partial charge in [-0.15, -0.1) is 0 Å². The fraction of sp³-hybridized carbons (Fsp3) is 0.417. The number of anilines is 2. The van der Waals surface area contributed by atoms with Gasteiger partial charge in [0.05, 0.1) is 6.61 Å². The maximum absolute atomic E-state index is 5.84. The first-order chi connectivity index (χ1) is 15.0. The zero-order chi connectivity index (χ0) is 22.1. The third kappa shape index (κ3) is 7.36. The number of ether oxygens (including phenoxy) is 1. The van der Waals surface area contributed by atoms with Gasteiger partial charge in [0.15, 0.2) is 10.2 Å². The average Bonchev–Trinajstić information content (AvgIpc) is 3.11. The van der Waals surface area contributed by atoms with Gasteiger partial charge in [-0.3, -0.25) is 0 Å². The molecule has 3 N–H and O–H groups in total. The molecular weight excluding hydrogens is 424 g/mol. The predicted molar refractivity (Wildman–Crippen MR) is 138 cm³/mol. The van der Waals surface area contributed by atoms with E-state index in [1.54, 1.807) is 0 Å². The lowest BCUT2D eigenvalue weighted by atomic mass is 10.1. The highest BCUT2D eigenvalue weighted by molar-refractivity contribution is 7.80. The molecule has 2 aromatic carbocycles. The van der Waals surface area contributed by atoms with Crippen molar-refractivity contribution in [3.63, 3.8) is 0 Å². The maximum Gasteiger partial charge on any atom is 0.176 e. The minimum atomic E-state index is 0.259. The van der Waals surface area contributed by atoms with Gasteiger partial charge >= 0.3 is 0 Å². The van der Waals surface area contributed by atoms with Crippen LogP contribution in [-0.2, 0) is 0 Å². The first kappa shape index (κ1) is 23.3. The quantitative estimate of drug-likeness (QED) is 0.361. The van der Waals surface area contributed by atoms with E-state index in [0.29, 0.717) is 0 Å². The van der Waals surface area contributed by atoms with E-state index < -0.39 is 0 Å². The Morgan fingerprint density at radius 3 is 2.55 bits per heavy atom. The van der Waals surface area contributed by atoms with Crippen LogP contribution in [0.25, 0.3) is 0 Å². The second-order valence-corrected chi connectivity index (χ2v) is 8.70. The molecule has 0 radical (unpaired) electrons. The van der Waals surface area contributed by atoms with E-state index in [4.69, 9.17) is 34.9 Å². The first-order valence-corrected chi connectivity index (χ1v) is 11.8. The molecule has 0 aliphatic carbocycles. The highest BCUT2D eigenvalue weighted by Gasteiger charge is 2.25. The summed E-state index contributed by atoms with van der Waals surface area (Å²) < 4.78 is 5.84. The fourth-order valence-electron chi connectivity index (χ4n) is 3.69. The van der Waals surface area contributed by atoms with Crippen LogP contribution in [0.3, 0.4) is 0 Å². The molecule has 1 aliphatic heterocycles. The number of hydrogen-bond donors (Lipinski definition) is 2. The highest BCUT2D eigenvalue weighted by atomic mass is 32.1. The SMILES string of the molecule is Cc1ccc(N2CCN(CCCCCCCOc3cccc(NC(N)=S)c3)C2=S)cc1. The van der Waals surface area contributed by atoms with Gasteiger partial charge in [-0.25, -0.2) is 0 Å². The van der Waals surface area contributed by atoms with Crippen molar-refractivity contribution in [1.29, 1.82) is 0 Å². The molecule has 0 aromatic heterocycles. The smallest absolute Gasteiger partial charge is 0.176 e. The molecule has 1 aliphatic rings. The third-order valence-corrected chi connectivity index (χ3v) is 5.96. The molecule has 0 bridgehead atoms. The second-order valence-electron chi connectivity index (χ2n) is 7.89. The summed E-state index contributed by atoms with van der Waals surface area (Å²) in [5.41, 5.74) is 8.83. The molecule has 1 fully saturated rings. The standard InChI is InChI=1S/C24H32N4OS2/c1-19-10-12-21(13-11-19)28-16-15-27(24(28)31)14-5-3-2-4-6-17-29-22-9-7-8-20(18-22)26-23(25)30/h7-13,18H,2-6,14-17H2,1H3,(H3,25,26,30). The predicted octanol–water partition coefficient (Wildman–Crippen LogP) is 5.09. The molecular formula is C24H32N4OS2. The molecule has 0 saturated carbocycles. The maximum atomic E-state index is 5.84. The van der Waals surface area contributed by atoms with Crippen molar-refractivity contribution in [2.45, 2.75) is 39.0 Å². The minimum Gasteiger partial charge on any atom is -0.494 e. The summed E-state index contributed by atoms with van der Waals surface area (Å²) in [5.74, 6) is 0.835. The minimum absolute atomic E-state index is 0.259. The van der Waals surface area contributed by atoms with E-state index in [1.807, 2.05) is 24.3 Å². The fourth-order valence-corrected chi connectivity index (χ4v) is 4.18. The zero-order valence-electron chi connectivity index (χ0n) is 18.2. The summed E-state index contributed by atoms with van der Waals surface area (Å²) in [7, 11) is 0. The molecule has 166 valence electrons. The molecule has 0 unspecified atom stereocenters. The van der Waals surface area contributed by atoms with Crippen LogP contribution in [-0.4, -0.2) is 41.4 Å². The summed E-state index contributed by atoms with van der Waals surface area (Å²) in [6.07, 6.45) is 5.84. The van der Waals surface area contributed by atoms with Crippen LogP contribution in [0.5, 0.6) is 5.75 Å². The van der Waals surface area contributed by atoms with Crippen molar-refractivity contribution in [3.8, 4) is 5.75 Å². The lowest BCUT2D eigenvalue weighted by Crippen LogP contribution is -2.32. The van der Waals surface area contributed by atoms with E-state index in [9.17, 15) is 0 Å². The first-order valence-electron chi connectivity index (χ1n) is 11.0. The average molecular weight is 457 g/mol. The number of hydrogen-bond acceptors (Lipinski definition) is 3. The Labute approximate surface area is 196 Å². The second kappa shape index (κ2) is 11.9. The number of thiocarbonyl (C=S) groups is 2. The third-order valence-electron chi connectivity index (χ3n) is 5.38. The summed E-state index contributed by atoms with van der Waals surface area (Å²) in [5, 5.41) is 4.14. The number of rotatable bonds is 11. The number of unbranched alkanes of at least 4 members (excludes halogenated alkanes) is 4. The van der Waals surface area contributed by atoms with Crippen LogP contribution >= 0.6 is 24.4 Å². The Balaban J connectivity index is 1.26. The van der Waals surface area contributed by atoms with Crippen LogP contribution in [0.4, 0.5) is 11.4 Å². The Kier molecular flexibility index (Phi) is 8.91.